The first-order valence-corrected chi connectivity index (χ1v) is 10.6. The van der Waals surface area contributed by atoms with Gasteiger partial charge in [-0.15, -0.1) is 11.3 Å². The van der Waals surface area contributed by atoms with Gasteiger partial charge in [0, 0.05) is 30.3 Å². The Bertz CT molecular complexity index is 956. The fourth-order valence-corrected chi connectivity index (χ4v) is 4.60. The summed E-state index contributed by atoms with van der Waals surface area (Å²) in [6.45, 7) is 1.02. The van der Waals surface area contributed by atoms with Gasteiger partial charge in [-0.2, -0.15) is 13.2 Å². The molecule has 1 aromatic carbocycles. The van der Waals surface area contributed by atoms with Crippen molar-refractivity contribution in [3.63, 3.8) is 0 Å². The number of halogens is 3. The number of anilines is 2. The Hall–Kier alpha value is -2.46. The lowest BCUT2D eigenvalue weighted by Gasteiger charge is -2.25. The molecule has 4 rings (SSSR count). The van der Waals surface area contributed by atoms with Crippen molar-refractivity contribution in [3.8, 4) is 0 Å². The zero-order chi connectivity index (χ0) is 21.3. The molecule has 6 nitrogen and oxygen atoms in total. The number of benzene rings is 1. The standard InChI is InChI=1S/C20H21F3N4O2S/c21-20(22,23)13-6-1-2-7-14(13)24-17(28)11-27-9-8-15-16(10-27)30-19(25-15)26-18(29)12-4-3-5-12/h1-2,6-7,12H,3-5,8-11H2,(H,24,28)(H,25,26,29). The zero-order valence-corrected chi connectivity index (χ0v) is 16.9. The highest BCUT2D eigenvalue weighted by molar-refractivity contribution is 7.15. The van der Waals surface area contributed by atoms with Crippen LogP contribution in [-0.4, -0.2) is 34.8 Å². The molecule has 1 fully saturated rings. The highest BCUT2D eigenvalue weighted by atomic mass is 32.1. The molecule has 1 aliphatic carbocycles. The van der Waals surface area contributed by atoms with Crippen LogP contribution in [0.3, 0.4) is 0 Å². The lowest BCUT2D eigenvalue weighted by atomic mass is 9.85. The molecule has 1 saturated carbocycles. The van der Waals surface area contributed by atoms with Gasteiger partial charge in [0.15, 0.2) is 5.13 Å². The van der Waals surface area contributed by atoms with E-state index in [2.05, 4.69) is 15.6 Å². The third-order valence-corrected chi connectivity index (χ3v) is 6.39. The van der Waals surface area contributed by atoms with E-state index in [9.17, 15) is 22.8 Å². The van der Waals surface area contributed by atoms with Gasteiger partial charge in [-0.3, -0.25) is 14.5 Å². The van der Waals surface area contributed by atoms with E-state index in [1.807, 2.05) is 4.90 Å². The average Bonchev–Trinajstić information content (AvgIpc) is 3.01. The van der Waals surface area contributed by atoms with Gasteiger partial charge in [0.25, 0.3) is 0 Å². The van der Waals surface area contributed by atoms with Crippen LogP contribution in [0.5, 0.6) is 0 Å². The van der Waals surface area contributed by atoms with Gasteiger partial charge in [0.1, 0.15) is 0 Å². The molecule has 2 aliphatic rings. The Morgan fingerprint density at radius 1 is 1.20 bits per heavy atom. The number of carbonyl (C=O) groups excluding carboxylic acids is 2. The predicted molar refractivity (Wildman–Crippen MR) is 107 cm³/mol. The molecule has 2 aromatic rings. The van der Waals surface area contributed by atoms with E-state index in [4.69, 9.17) is 0 Å². The van der Waals surface area contributed by atoms with Crippen LogP contribution in [0.4, 0.5) is 24.0 Å². The zero-order valence-electron chi connectivity index (χ0n) is 16.1. The fourth-order valence-electron chi connectivity index (χ4n) is 3.55. The molecule has 1 aliphatic heterocycles. The summed E-state index contributed by atoms with van der Waals surface area (Å²) in [5, 5.41) is 5.82. The number of rotatable bonds is 5. The van der Waals surface area contributed by atoms with Crippen molar-refractivity contribution in [2.75, 3.05) is 23.7 Å². The minimum atomic E-state index is -4.53. The van der Waals surface area contributed by atoms with Gasteiger partial charge >= 0.3 is 6.18 Å². The molecule has 0 saturated heterocycles. The first-order valence-electron chi connectivity index (χ1n) is 9.77. The van der Waals surface area contributed by atoms with Crippen molar-refractivity contribution in [2.24, 2.45) is 5.92 Å². The van der Waals surface area contributed by atoms with E-state index in [1.54, 1.807) is 0 Å². The Kier molecular flexibility index (Phi) is 5.79. The molecule has 0 radical (unpaired) electrons. The van der Waals surface area contributed by atoms with Crippen LogP contribution in [0, 0.1) is 5.92 Å². The number of alkyl halides is 3. The minimum absolute atomic E-state index is 0.00640. The van der Waals surface area contributed by atoms with E-state index < -0.39 is 17.6 Å². The highest BCUT2D eigenvalue weighted by Crippen LogP contribution is 2.35. The van der Waals surface area contributed by atoms with Gasteiger partial charge in [-0.1, -0.05) is 18.6 Å². The summed E-state index contributed by atoms with van der Waals surface area (Å²) < 4.78 is 39.3. The monoisotopic (exact) mass is 438 g/mol. The molecule has 0 spiro atoms. The molecule has 10 heteroatoms. The van der Waals surface area contributed by atoms with Crippen molar-refractivity contribution in [1.29, 1.82) is 0 Å². The summed E-state index contributed by atoms with van der Waals surface area (Å²) in [6.07, 6.45) is -1.00. The Balaban J connectivity index is 1.35. The van der Waals surface area contributed by atoms with E-state index >= 15 is 0 Å². The number of carbonyl (C=O) groups is 2. The normalized spacial score (nSPS) is 17.2. The molecule has 160 valence electrons. The second kappa shape index (κ2) is 8.35. The first-order chi connectivity index (χ1) is 14.3. The topological polar surface area (TPSA) is 74.3 Å². The number of thiazole rings is 1. The number of hydrogen-bond donors (Lipinski definition) is 2. The lowest BCUT2D eigenvalue weighted by molar-refractivity contribution is -0.137. The summed E-state index contributed by atoms with van der Waals surface area (Å²) in [6, 6.07) is 4.93. The number of nitrogens with one attached hydrogen (secondary N) is 2. The lowest BCUT2D eigenvalue weighted by Crippen LogP contribution is -2.37. The Morgan fingerprint density at radius 2 is 1.97 bits per heavy atom. The molecule has 0 atom stereocenters. The largest absolute Gasteiger partial charge is 0.418 e. The van der Waals surface area contributed by atoms with Crippen LogP contribution in [0.1, 0.15) is 35.4 Å². The number of amides is 2. The van der Waals surface area contributed by atoms with Crippen LogP contribution < -0.4 is 10.6 Å². The first kappa shape index (κ1) is 20.8. The van der Waals surface area contributed by atoms with Crippen molar-refractivity contribution >= 4 is 34.0 Å². The second-order valence-electron chi connectivity index (χ2n) is 7.56. The molecular formula is C20H21F3N4O2S. The number of fused-ring (bicyclic) bond motifs is 1. The smallest absolute Gasteiger partial charge is 0.324 e. The van der Waals surface area contributed by atoms with Crippen molar-refractivity contribution in [3.05, 3.63) is 40.4 Å². The van der Waals surface area contributed by atoms with Crippen LogP contribution in [0.15, 0.2) is 24.3 Å². The molecule has 2 N–H and O–H groups in total. The molecule has 1 aromatic heterocycles. The van der Waals surface area contributed by atoms with Crippen LogP contribution in [-0.2, 0) is 28.7 Å². The van der Waals surface area contributed by atoms with Gasteiger partial charge in [-0.25, -0.2) is 4.98 Å². The van der Waals surface area contributed by atoms with Gasteiger partial charge in [0.2, 0.25) is 11.8 Å². The summed E-state index contributed by atoms with van der Waals surface area (Å²) in [5.41, 5.74) is -0.206. The van der Waals surface area contributed by atoms with Crippen LogP contribution in [0.2, 0.25) is 0 Å². The Morgan fingerprint density at radius 3 is 2.67 bits per heavy atom. The highest BCUT2D eigenvalue weighted by Gasteiger charge is 2.34. The van der Waals surface area contributed by atoms with E-state index in [0.29, 0.717) is 24.6 Å². The maximum Gasteiger partial charge on any atom is 0.418 e. The van der Waals surface area contributed by atoms with E-state index in [-0.39, 0.29) is 24.1 Å². The summed E-state index contributed by atoms with van der Waals surface area (Å²) in [4.78, 5) is 31.8. The maximum absolute atomic E-state index is 13.1. The average molecular weight is 438 g/mol. The molecule has 30 heavy (non-hydrogen) atoms. The van der Waals surface area contributed by atoms with Crippen molar-refractivity contribution in [1.82, 2.24) is 9.88 Å². The summed E-state index contributed by atoms with van der Waals surface area (Å²) in [7, 11) is 0. The van der Waals surface area contributed by atoms with E-state index in [1.165, 1.54) is 29.5 Å². The van der Waals surface area contributed by atoms with Gasteiger partial charge < -0.3 is 10.6 Å². The minimum Gasteiger partial charge on any atom is -0.324 e. The number of para-hydroxylation sites is 1. The summed E-state index contributed by atoms with van der Waals surface area (Å²) in [5.74, 6) is -0.421. The third-order valence-electron chi connectivity index (χ3n) is 5.39. The molecule has 0 bridgehead atoms. The third kappa shape index (κ3) is 4.65. The fraction of sp³-hybridized carbons (Fsp3) is 0.450. The maximum atomic E-state index is 13.1. The number of nitrogens with zero attached hydrogens (tertiary/aromatic N) is 2. The molecular weight excluding hydrogens is 417 g/mol. The Labute approximate surface area is 175 Å². The SMILES string of the molecule is O=C(CN1CCc2nc(NC(=O)C3CCC3)sc2C1)Nc1ccccc1C(F)(F)F. The van der Waals surface area contributed by atoms with Gasteiger partial charge in [-0.05, 0) is 25.0 Å². The summed E-state index contributed by atoms with van der Waals surface area (Å²) >= 11 is 1.39. The van der Waals surface area contributed by atoms with E-state index in [0.717, 1.165) is 35.9 Å². The second-order valence-corrected chi connectivity index (χ2v) is 8.64. The number of hydrogen-bond acceptors (Lipinski definition) is 5. The predicted octanol–water partition coefficient (Wildman–Crippen LogP) is 3.90. The van der Waals surface area contributed by atoms with Gasteiger partial charge in [0.05, 0.1) is 23.5 Å². The molecule has 2 amide bonds. The van der Waals surface area contributed by atoms with Crippen molar-refractivity contribution in [2.45, 2.75) is 38.4 Å². The quantitative estimate of drug-likeness (QED) is 0.743. The molecule has 2 heterocycles. The molecule has 0 unspecified atom stereocenters. The van der Waals surface area contributed by atoms with Crippen LogP contribution in [0.25, 0.3) is 0 Å². The van der Waals surface area contributed by atoms with Crippen LogP contribution >= 0.6 is 11.3 Å². The number of aromatic nitrogens is 1. The van der Waals surface area contributed by atoms with Crippen molar-refractivity contribution < 1.29 is 22.8 Å².